The van der Waals surface area contributed by atoms with Crippen LogP contribution in [0.5, 0.6) is 0 Å². The molecule has 64 valence electrons. The molecule has 4 nitrogen and oxygen atoms in total. The molecule has 1 aromatic heterocycles. The molecule has 1 aromatic carbocycles. The largest absolute Gasteiger partial charge is 0.308 e. The standard InChI is InChI=1S/C9H8N4/c10-5-7-2-1-3-8(4-7)9-11-6-12-13-9/h1-6,10H,(H,11,12,13). The van der Waals surface area contributed by atoms with Crippen LogP contribution < -0.4 is 0 Å². The second-order valence-electron chi connectivity index (χ2n) is 2.60. The first-order chi connectivity index (χ1) is 6.40. The van der Waals surface area contributed by atoms with Gasteiger partial charge in [-0.25, -0.2) is 4.98 Å². The lowest BCUT2D eigenvalue weighted by Gasteiger charge is -1.96. The summed E-state index contributed by atoms with van der Waals surface area (Å²) in [6.07, 6.45) is 2.77. The Labute approximate surface area is 75.2 Å². The van der Waals surface area contributed by atoms with Crippen LogP contribution in [0.4, 0.5) is 0 Å². The summed E-state index contributed by atoms with van der Waals surface area (Å²) in [5.74, 6) is 0.726. The van der Waals surface area contributed by atoms with Gasteiger partial charge in [0.15, 0.2) is 5.82 Å². The molecule has 0 radical (unpaired) electrons. The predicted molar refractivity (Wildman–Crippen MR) is 49.7 cm³/mol. The van der Waals surface area contributed by atoms with Crippen LogP contribution in [-0.2, 0) is 0 Å². The topological polar surface area (TPSA) is 65.4 Å². The molecule has 0 aliphatic heterocycles. The number of rotatable bonds is 2. The van der Waals surface area contributed by atoms with E-state index in [9.17, 15) is 0 Å². The van der Waals surface area contributed by atoms with Crippen LogP contribution in [0.15, 0.2) is 30.6 Å². The predicted octanol–water partition coefficient (Wildman–Crippen LogP) is 1.47. The molecule has 0 aliphatic carbocycles. The second-order valence-corrected chi connectivity index (χ2v) is 2.60. The van der Waals surface area contributed by atoms with Crippen molar-refractivity contribution >= 4 is 6.21 Å². The second kappa shape index (κ2) is 3.18. The van der Waals surface area contributed by atoms with E-state index in [4.69, 9.17) is 5.41 Å². The van der Waals surface area contributed by atoms with Crippen molar-refractivity contribution in [3.8, 4) is 11.4 Å². The molecule has 13 heavy (non-hydrogen) atoms. The normalized spacial score (nSPS) is 9.85. The van der Waals surface area contributed by atoms with Crippen LogP contribution in [0.2, 0.25) is 0 Å². The monoisotopic (exact) mass is 172 g/mol. The molecule has 0 saturated heterocycles. The Morgan fingerprint density at radius 3 is 3.00 bits per heavy atom. The first-order valence-electron chi connectivity index (χ1n) is 3.86. The minimum Gasteiger partial charge on any atom is -0.308 e. The van der Waals surface area contributed by atoms with E-state index >= 15 is 0 Å². The Morgan fingerprint density at radius 1 is 1.38 bits per heavy atom. The van der Waals surface area contributed by atoms with Gasteiger partial charge in [0.25, 0.3) is 0 Å². The molecule has 2 rings (SSSR count). The van der Waals surface area contributed by atoms with Gasteiger partial charge in [0.05, 0.1) is 0 Å². The van der Waals surface area contributed by atoms with Crippen LogP contribution >= 0.6 is 0 Å². The van der Waals surface area contributed by atoms with Gasteiger partial charge in [-0.15, -0.1) is 0 Å². The number of H-pyrrole nitrogens is 1. The number of hydrogen-bond acceptors (Lipinski definition) is 3. The Morgan fingerprint density at radius 2 is 2.31 bits per heavy atom. The minimum absolute atomic E-state index is 0.726. The van der Waals surface area contributed by atoms with Crippen molar-refractivity contribution in [1.29, 1.82) is 5.41 Å². The summed E-state index contributed by atoms with van der Waals surface area (Å²) < 4.78 is 0. The first-order valence-corrected chi connectivity index (χ1v) is 3.86. The maximum absolute atomic E-state index is 7.09. The lowest BCUT2D eigenvalue weighted by Crippen LogP contribution is -1.84. The SMILES string of the molecule is N=Cc1cccc(-c2ncn[nH]2)c1. The molecule has 0 unspecified atom stereocenters. The van der Waals surface area contributed by atoms with E-state index in [1.165, 1.54) is 12.5 Å². The van der Waals surface area contributed by atoms with E-state index in [2.05, 4.69) is 15.2 Å². The highest BCUT2D eigenvalue weighted by atomic mass is 15.2. The summed E-state index contributed by atoms with van der Waals surface area (Å²) >= 11 is 0. The molecule has 0 bridgehead atoms. The molecule has 4 heteroatoms. The van der Waals surface area contributed by atoms with Crippen molar-refractivity contribution < 1.29 is 0 Å². The van der Waals surface area contributed by atoms with Gasteiger partial charge in [0.1, 0.15) is 6.33 Å². The van der Waals surface area contributed by atoms with E-state index in [0.717, 1.165) is 17.0 Å². The van der Waals surface area contributed by atoms with Crippen LogP contribution in [0.1, 0.15) is 5.56 Å². The van der Waals surface area contributed by atoms with Crippen molar-refractivity contribution in [3.05, 3.63) is 36.2 Å². The smallest absolute Gasteiger partial charge is 0.155 e. The third-order valence-corrected chi connectivity index (χ3v) is 1.74. The molecule has 0 aliphatic rings. The summed E-state index contributed by atoms with van der Waals surface area (Å²) in [7, 11) is 0. The van der Waals surface area contributed by atoms with Gasteiger partial charge in [-0.05, 0) is 11.6 Å². The summed E-state index contributed by atoms with van der Waals surface area (Å²) in [6.45, 7) is 0. The summed E-state index contributed by atoms with van der Waals surface area (Å²) in [4.78, 5) is 4.02. The lowest BCUT2D eigenvalue weighted by molar-refractivity contribution is 1.10. The highest BCUT2D eigenvalue weighted by Gasteiger charge is 1.99. The number of nitrogens with one attached hydrogen (secondary N) is 2. The maximum atomic E-state index is 7.09. The highest BCUT2D eigenvalue weighted by Crippen LogP contribution is 2.13. The van der Waals surface area contributed by atoms with Crippen molar-refractivity contribution in [1.82, 2.24) is 15.2 Å². The molecule has 0 amide bonds. The van der Waals surface area contributed by atoms with Crippen molar-refractivity contribution in [3.63, 3.8) is 0 Å². The highest BCUT2D eigenvalue weighted by molar-refractivity contribution is 5.79. The quantitative estimate of drug-likeness (QED) is 0.673. The molecule has 2 N–H and O–H groups in total. The number of benzene rings is 1. The fraction of sp³-hybridized carbons (Fsp3) is 0. The van der Waals surface area contributed by atoms with Crippen molar-refractivity contribution in [2.75, 3.05) is 0 Å². The average Bonchev–Trinajstić information content (AvgIpc) is 2.71. The van der Waals surface area contributed by atoms with E-state index < -0.39 is 0 Å². The van der Waals surface area contributed by atoms with Crippen LogP contribution in [0.25, 0.3) is 11.4 Å². The average molecular weight is 172 g/mol. The number of aromatic nitrogens is 3. The molecule has 0 spiro atoms. The molecule has 0 saturated carbocycles. The Hall–Kier alpha value is -1.97. The minimum atomic E-state index is 0.726. The van der Waals surface area contributed by atoms with Crippen LogP contribution in [0, 0.1) is 5.41 Å². The Balaban J connectivity index is 2.47. The Bertz CT molecular complexity index is 405. The number of hydrogen-bond donors (Lipinski definition) is 2. The lowest BCUT2D eigenvalue weighted by atomic mass is 10.1. The van der Waals surface area contributed by atoms with Crippen molar-refractivity contribution in [2.45, 2.75) is 0 Å². The van der Waals surface area contributed by atoms with Gasteiger partial charge >= 0.3 is 0 Å². The summed E-state index contributed by atoms with van der Waals surface area (Å²) in [6, 6.07) is 7.56. The third-order valence-electron chi connectivity index (χ3n) is 1.74. The van der Waals surface area contributed by atoms with Gasteiger partial charge in [-0.1, -0.05) is 18.2 Å². The summed E-state index contributed by atoms with van der Waals surface area (Å²) in [5.41, 5.74) is 1.80. The molecular formula is C9H8N4. The molecule has 1 heterocycles. The van der Waals surface area contributed by atoms with Gasteiger partial charge < -0.3 is 5.41 Å². The molecule has 0 atom stereocenters. The molecular weight excluding hydrogens is 164 g/mol. The number of aromatic amines is 1. The zero-order valence-corrected chi connectivity index (χ0v) is 6.86. The molecule has 2 aromatic rings. The van der Waals surface area contributed by atoms with E-state index in [-0.39, 0.29) is 0 Å². The summed E-state index contributed by atoms with van der Waals surface area (Å²) in [5, 5.41) is 13.6. The van der Waals surface area contributed by atoms with E-state index in [1.54, 1.807) is 0 Å². The van der Waals surface area contributed by atoms with Crippen LogP contribution in [0.3, 0.4) is 0 Å². The van der Waals surface area contributed by atoms with E-state index in [1.807, 2.05) is 24.3 Å². The van der Waals surface area contributed by atoms with Gasteiger partial charge in [0, 0.05) is 11.8 Å². The Kier molecular flexibility index (Phi) is 1.88. The van der Waals surface area contributed by atoms with Crippen LogP contribution in [-0.4, -0.2) is 21.4 Å². The zero-order valence-electron chi connectivity index (χ0n) is 6.86. The first kappa shape index (κ1) is 7.67. The zero-order chi connectivity index (χ0) is 9.10. The number of nitrogens with zero attached hydrogens (tertiary/aromatic N) is 2. The van der Waals surface area contributed by atoms with Gasteiger partial charge in [-0.2, -0.15) is 5.10 Å². The van der Waals surface area contributed by atoms with E-state index in [0.29, 0.717) is 0 Å². The van der Waals surface area contributed by atoms with Gasteiger partial charge in [-0.3, -0.25) is 5.10 Å². The van der Waals surface area contributed by atoms with Gasteiger partial charge in [0.2, 0.25) is 0 Å². The third kappa shape index (κ3) is 1.46. The fourth-order valence-corrected chi connectivity index (χ4v) is 1.12. The maximum Gasteiger partial charge on any atom is 0.155 e. The van der Waals surface area contributed by atoms with Crippen molar-refractivity contribution in [2.24, 2.45) is 0 Å². The molecule has 0 fully saturated rings. The fourth-order valence-electron chi connectivity index (χ4n) is 1.12.